The second-order valence-corrected chi connectivity index (χ2v) is 15.8. The Bertz CT molecular complexity index is 906. The molecule has 4 N–H and O–H groups in total. The Morgan fingerprint density at radius 3 is 1.65 bits per heavy atom. The summed E-state index contributed by atoms with van der Waals surface area (Å²) in [4.78, 5) is 39.0. The van der Waals surface area contributed by atoms with Crippen molar-refractivity contribution in [2.45, 2.75) is 51.4 Å². The smallest absolute Gasteiger partial charge is 0.382 e. The van der Waals surface area contributed by atoms with Crippen LogP contribution in [0.4, 0.5) is 0 Å². The van der Waals surface area contributed by atoms with Crippen LogP contribution in [0.15, 0.2) is 0 Å². The standard InChI is InChI=1S/C14H28B2O14P4/c1-8-4-13(15)27-11(8)5-25-33(21,22)29-31(17,18)7-32(19,20)30-34(23,24)26-6-12-9(2)10(3)14(16)28-12/h8-14H,4-7H2,1-3H3,(H,17,18)(H,19,20)(H,21,22)(H,23,24)/t8?,9-,10?,11-,12-,13-,14-/m1/s1. The summed E-state index contributed by atoms with van der Waals surface area (Å²) in [5.74, 6) is -2.21. The highest BCUT2D eigenvalue weighted by Crippen LogP contribution is 2.70. The quantitative estimate of drug-likeness (QED) is 0.196. The molecule has 0 saturated carbocycles. The normalized spacial score (nSPS) is 39.1. The largest absolute Gasteiger partial charge is 0.479 e. The van der Waals surface area contributed by atoms with Crippen LogP contribution in [0.1, 0.15) is 27.2 Å². The number of phosphoric acid groups is 2. The Hall–Kier alpha value is 0.650. The molecule has 0 aromatic rings. The highest BCUT2D eigenvalue weighted by molar-refractivity contribution is 7.76. The number of hydrogen-bond acceptors (Lipinski definition) is 10. The maximum absolute atomic E-state index is 12.2. The third kappa shape index (κ3) is 9.51. The maximum Gasteiger partial charge on any atom is 0.479 e. The molecule has 2 fully saturated rings. The van der Waals surface area contributed by atoms with Crippen LogP contribution in [0.3, 0.4) is 0 Å². The molecule has 11 atom stereocenters. The van der Waals surface area contributed by atoms with Gasteiger partial charge in [0, 0.05) is 12.0 Å². The first-order valence-corrected chi connectivity index (χ1v) is 16.7. The van der Waals surface area contributed by atoms with Crippen LogP contribution in [0, 0.1) is 17.8 Å². The van der Waals surface area contributed by atoms with Crippen molar-refractivity contribution in [1.82, 2.24) is 0 Å². The van der Waals surface area contributed by atoms with E-state index in [1.165, 1.54) is 0 Å². The van der Waals surface area contributed by atoms with Gasteiger partial charge in [-0.25, -0.2) is 17.8 Å². The molecular weight excluding hydrogens is 538 g/mol. The van der Waals surface area contributed by atoms with Crippen LogP contribution >= 0.6 is 30.8 Å². The minimum absolute atomic E-state index is 0.0921. The zero-order chi connectivity index (χ0) is 26.1. The maximum atomic E-state index is 12.2. The summed E-state index contributed by atoms with van der Waals surface area (Å²) in [5.41, 5.74) is 0. The van der Waals surface area contributed by atoms with E-state index in [2.05, 4.69) is 17.7 Å². The van der Waals surface area contributed by atoms with Gasteiger partial charge in [0.05, 0.1) is 25.4 Å². The van der Waals surface area contributed by atoms with Gasteiger partial charge in [0.1, 0.15) is 15.7 Å². The molecule has 0 aromatic heterocycles. The second-order valence-electron chi connectivity index (χ2n) is 8.39. The number of phosphoric ester groups is 2. The first kappa shape index (κ1) is 30.9. The van der Waals surface area contributed by atoms with E-state index in [0.717, 1.165) is 0 Å². The molecule has 4 radical (unpaired) electrons. The zero-order valence-corrected chi connectivity index (χ0v) is 22.3. The number of hydrogen-bond donors (Lipinski definition) is 4. The summed E-state index contributed by atoms with van der Waals surface area (Å²) in [5, 5.41) is 0. The third-order valence-electron chi connectivity index (χ3n) is 5.48. The molecular formula is C14H28B2O14P4. The van der Waals surface area contributed by atoms with E-state index in [-0.39, 0.29) is 17.8 Å². The molecule has 6 unspecified atom stereocenters. The number of rotatable bonds is 12. The molecule has 2 heterocycles. The number of ether oxygens (including phenoxy) is 2. The highest BCUT2D eigenvalue weighted by Gasteiger charge is 2.45. The van der Waals surface area contributed by atoms with Crippen LogP contribution in [0.2, 0.25) is 0 Å². The monoisotopic (exact) mass is 566 g/mol. The van der Waals surface area contributed by atoms with Gasteiger partial charge >= 0.3 is 30.8 Å². The van der Waals surface area contributed by atoms with Crippen molar-refractivity contribution >= 4 is 46.5 Å². The van der Waals surface area contributed by atoms with Gasteiger partial charge in [0.25, 0.3) is 0 Å². The SMILES string of the molecule is [B][C@@H]1O[C@H](COP(=O)(O)OP(=O)(O)CP(=O)(O)OP(=O)(O)OC[C@H]2O[C@@H]([B])CC2C)[C@H](C)C1C. The van der Waals surface area contributed by atoms with Crippen molar-refractivity contribution in [2.75, 3.05) is 19.1 Å². The van der Waals surface area contributed by atoms with Crippen molar-refractivity contribution in [3.8, 4) is 0 Å². The fourth-order valence-electron chi connectivity index (χ4n) is 3.40. The fourth-order valence-corrected chi connectivity index (χ4v) is 10.2. The average Bonchev–Trinajstić information content (AvgIpc) is 3.07. The van der Waals surface area contributed by atoms with E-state index in [4.69, 9.17) is 25.2 Å². The highest BCUT2D eigenvalue weighted by atomic mass is 31.3. The molecule has 0 amide bonds. The summed E-state index contributed by atoms with van der Waals surface area (Å²) >= 11 is 0. The topological polar surface area (TPSA) is 205 Å². The molecule has 0 aliphatic carbocycles. The summed E-state index contributed by atoms with van der Waals surface area (Å²) < 4.78 is 76.5. The van der Waals surface area contributed by atoms with Gasteiger partial charge < -0.3 is 29.0 Å². The molecule has 20 heteroatoms. The van der Waals surface area contributed by atoms with Gasteiger partial charge in [0.15, 0.2) is 5.90 Å². The van der Waals surface area contributed by atoms with Gasteiger partial charge in [-0.15, -0.1) is 0 Å². The lowest BCUT2D eigenvalue weighted by atomic mass is 9.82. The van der Waals surface area contributed by atoms with Crippen molar-refractivity contribution in [1.29, 1.82) is 0 Å². The van der Waals surface area contributed by atoms with E-state index in [9.17, 15) is 37.8 Å². The summed E-state index contributed by atoms with van der Waals surface area (Å²) in [6, 6.07) is -1.25. The van der Waals surface area contributed by atoms with E-state index in [1.54, 1.807) is 20.8 Å². The molecule has 2 aliphatic heterocycles. The first-order valence-electron chi connectivity index (χ1n) is 10.1. The van der Waals surface area contributed by atoms with Gasteiger partial charge in [-0.05, 0) is 24.2 Å². The fraction of sp³-hybridized carbons (Fsp3) is 1.00. The molecule has 2 aliphatic rings. The summed E-state index contributed by atoms with van der Waals surface area (Å²) in [6.45, 7) is 4.26. The lowest BCUT2D eigenvalue weighted by molar-refractivity contribution is 0.0272. The van der Waals surface area contributed by atoms with Gasteiger partial charge in [0.2, 0.25) is 0 Å². The second kappa shape index (κ2) is 11.6. The van der Waals surface area contributed by atoms with Crippen molar-refractivity contribution < 1.29 is 65.0 Å². The van der Waals surface area contributed by atoms with Crippen LogP contribution in [-0.2, 0) is 45.4 Å². The van der Waals surface area contributed by atoms with Crippen LogP contribution < -0.4 is 0 Å². The molecule has 0 spiro atoms. The predicted molar refractivity (Wildman–Crippen MR) is 119 cm³/mol. The Labute approximate surface area is 200 Å². The van der Waals surface area contributed by atoms with Crippen molar-refractivity contribution in [2.24, 2.45) is 17.8 Å². The Morgan fingerprint density at radius 1 is 0.794 bits per heavy atom. The van der Waals surface area contributed by atoms with E-state index < -0.39 is 74.2 Å². The summed E-state index contributed by atoms with van der Waals surface area (Å²) in [6.07, 6.45) is -0.946. The molecule has 2 saturated heterocycles. The van der Waals surface area contributed by atoms with E-state index >= 15 is 0 Å². The zero-order valence-electron chi connectivity index (χ0n) is 18.7. The first-order chi connectivity index (χ1) is 15.3. The minimum Gasteiger partial charge on any atom is -0.382 e. The van der Waals surface area contributed by atoms with Crippen molar-refractivity contribution in [3.63, 3.8) is 0 Å². The Balaban J connectivity index is 1.89. The van der Waals surface area contributed by atoms with E-state index in [0.29, 0.717) is 6.42 Å². The predicted octanol–water partition coefficient (Wildman–Crippen LogP) is 1.67. The lowest BCUT2D eigenvalue weighted by Gasteiger charge is -2.22. The Morgan fingerprint density at radius 2 is 1.26 bits per heavy atom. The van der Waals surface area contributed by atoms with Crippen LogP contribution in [0.25, 0.3) is 0 Å². The van der Waals surface area contributed by atoms with Gasteiger partial charge in [-0.2, -0.15) is 0 Å². The van der Waals surface area contributed by atoms with E-state index in [1.807, 2.05) is 0 Å². The molecule has 194 valence electrons. The molecule has 14 nitrogen and oxygen atoms in total. The van der Waals surface area contributed by atoms with Crippen molar-refractivity contribution in [3.05, 3.63) is 0 Å². The van der Waals surface area contributed by atoms with Gasteiger partial charge in [-0.1, -0.05) is 20.8 Å². The minimum atomic E-state index is -5.35. The van der Waals surface area contributed by atoms with Gasteiger partial charge in [-0.3, -0.25) is 18.2 Å². The Kier molecular flexibility index (Phi) is 10.5. The average molecular weight is 566 g/mol. The molecule has 2 rings (SSSR count). The van der Waals surface area contributed by atoms with Crippen LogP contribution in [0.5, 0.6) is 0 Å². The molecule has 0 aromatic carbocycles. The molecule has 34 heavy (non-hydrogen) atoms. The lowest BCUT2D eigenvalue weighted by Crippen LogP contribution is -2.21. The molecule has 0 bridgehead atoms. The van der Waals surface area contributed by atoms with Crippen LogP contribution in [-0.4, -0.2) is 78.6 Å². The third-order valence-corrected chi connectivity index (χ3v) is 13.0. The summed E-state index contributed by atoms with van der Waals surface area (Å²) in [7, 11) is -9.82.